The van der Waals surface area contributed by atoms with Gasteiger partial charge in [0.2, 0.25) is 0 Å². The van der Waals surface area contributed by atoms with Crippen molar-refractivity contribution in [1.29, 1.82) is 0 Å². The van der Waals surface area contributed by atoms with Crippen LogP contribution in [0.3, 0.4) is 0 Å². The van der Waals surface area contributed by atoms with E-state index in [4.69, 9.17) is 0 Å². The van der Waals surface area contributed by atoms with Crippen LogP contribution in [-0.2, 0) is 0 Å². The van der Waals surface area contributed by atoms with Gasteiger partial charge in [0, 0.05) is 25.0 Å². The van der Waals surface area contributed by atoms with Crippen LogP contribution in [0.2, 0.25) is 0 Å². The quantitative estimate of drug-likeness (QED) is 0.898. The topological polar surface area (TPSA) is 50.7 Å². The maximum Gasteiger partial charge on any atom is 0.180 e. The lowest BCUT2D eigenvalue weighted by Crippen LogP contribution is -2.03. The molecule has 0 spiro atoms. The van der Waals surface area contributed by atoms with Gasteiger partial charge in [-0.15, -0.1) is 0 Å². The zero-order valence-corrected chi connectivity index (χ0v) is 11.2. The molecular formula is C14H18N4. The van der Waals surface area contributed by atoms with Gasteiger partial charge in [0.05, 0.1) is 0 Å². The van der Waals surface area contributed by atoms with Crippen molar-refractivity contribution in [2.75, 3.05) is 12.4 Å². The predicted molar refractivity (Wildman–Crippen MR) is 73.6 cm³/mol. The normalized spacial score (nSPS) is 10.7. The maximum atomic E-state index is 4.57. The number of rotatable bonds is 3. The highest BCUT2D eigenvalue weighted by Gasteiger charge is 2.09. The summed E-state index contributed by atoms with van der Waals surface area (Å²) in [5, 5.41) is 3.06. The summed E-state index contributed by atoms with van der Waals surface area (Å²) in [6.07, 6.45) is 1.83. The lowest BCUT2D eigenvalue weighted by Gasteiger charge is -2.09. The molecule has 0 aromatic carbocycles. The van der Waals surface area contributed by atoms with Gasteiger partial charge in [0.1, 0.15) is 11.5 Å². The first-order chi connectivity index (χ1) is 8.60. The Hall–Kier alpha value is -1.97. The Morgan fingerprint density at radius 2 is 1.94 bits per heavy atom. The zero-order valence-electron chi connectivity index (χ0n) is 11.2. The second kappa shape index (κ2) is 5.12. The van der Waals surface area contributed by atoms with E-state index in [2.05, 4.69) is 34.1 Å². The molecule has 94 valence electrons. The van der Waals surface area contributed by atoms with Gasteiger partial charge in [-0.3, -0.25) is 4.98 Å². The van der Waals surface area contributed by atoms with Crippen molar-refractivity contribution in [2.45, 2.75) is 26.7 Å². The number of nitrogens with one attached hydrogen (secondary N) is 1. The van der Waals surface area contributed by atoms with Gasteiger partial charge in [-0.2, -0.15) is 0 Å². The molecule has 0 aliphatic carbocycles. The molecule has 0 aliphatic rings. The van der Waals surface area contributed by atoms with Crippen LogP contribution >= 0.6 is 0 Å². The summed E-state index contributed by atoms with van der Waals surface area (Å²) in [6.45, 7) is 6.25. The Bertz CT molecular complexity index is 532. The SMILES string of the molecule is CNc1cc(C(C)C)nc(-c2ccc(C)cn2)n1. The predicted octanol–water partition coefficient (Wildman–Crippen LogP) is 3.01. The number of hydrogen-bond donors (Lipinski definition) is 1. The Morgan fingerprint density at radius 1 is 1.17 bits per heavy atom. The summed E-state index contributed by atoms with van der Waals surface area (Å²) in [5.74, 6) is 1.86. The van der Waals surface area contributed by atoms with Crippen molar-refractivity contribution in [3.8, 4) is 11.5 Å². The molecule has 0 atom stereocenters. The van der Waals surface area contributed by atoms with Gasteiger partial charge in [0.15, 0.2) is 5.82 Å². The summed E-state index contributed by atoms with van der Waals surface area (Å²) < 4.78 is 0. The highest BCUT2D eigenvalue weighted by molar-refractivity contribution is 5.53. The van der Waals surface area contributed by atoms with E-state index in [1.165, 1.54) is 0 Å². The van der Waals surface area contributed by atoms with Crippen molar-refractivity contribution in [3.63, 3.8) is 0 Å². The van der Waals surface area contributed by atoms with Crippen LogP contribution in [0, 0.1) is 6.92 Å². The standard InChI is InChI=1S/C14H18N4/c1-9(2)12-7-13(15-4)18-14(17-12)11-6-5-10(3)8-16-11/h5-9H,1-4H3,(H,15,17,18). The van der Waals surface area contributed by atoms with Crippen molar-refractivity contribution in [3.05, 3.63) is 35.7 Å². The molecule has 4 nitrogen and oxygen atoms in total. The average Bonchev–Trinajstić information content (AvgIpc) is 2.39. The fourth-order valence-corrected chi connectivity index (χ4v) is 1.60. The van der Waals surface area contributed by atoms with Crippen LogP contribution < -0.4 is 5.32 Å². The van der Waals surface area contributed by atoms with Crippen LogP contribution in [0.25, 0.3) is 11.5 Å². The minimum absolute atomic E-state index is 0.365. The van der Waals surface area contributed by atoms with Crippen molar-refractivity contribution < 1.29 is 0 Å². The van der Waals surface area contributed by atoms with Gasteiger partial charge in [-0.1, -0.05) is 19.9 Å². The number of anilines is 1. The molecule has 0 unspecified atom stereocenters. The Labute approximate surface area is 108 Å². The van der Waals surface area contributed by atoms with E-state index in [1.54, 1.807) is 0 Å². The Balaban J connectivity index is 2.49. The lowest BCUT2D eigenvalue weighted by molar-refractivity contribution is 0.816. The molecule has 0 fully saturated rings. The fraction of sp³-hybridized carbons (Fsp3) is 0.357. The minimum Gasteiger partial charge on any atom is -0.373 e. The highest BCUT2D eigenvalue weighted by atomic mass is 15.0. The monoisotopic (exact) mass is 242 g/mol. The number of nitrogens with zero attached hydrogens (tertiary/aromatic N) is 3. The summed E-state index contributed by atoms with van der Waals surface area (Å²) in [4.78, 5) is 13.4. The van der Waals surface area contributed by atoms with Crippen LogP contribution in [0.4, 0.5) is 5.82 Å². The van der Waals surface area contributed by atoms with Crippen LogP contribution in [0.5, 0.6) is 0 Å². The number of hydrogen-bond acceptors (Lipinski definition) is 4. The maximum absolute atomic E-state index is 4.57. The number of pyridine rings is 1. The molecular weight excluding hydrogens is 224 g/mol. The molecule has 0 saturated heterocycles. The van der Waals surface area contributed by atoms with Crippen LogP contribution in [0.1, 0.15) is 31.0 Å². The van der Waals surface area contributed by atoms with E-state index in [0.717, 1.165) is 22.8 Å². The molecule has 0 aliphatic heterocycles. The van der Waals surface area contributed by atoms with E-state index < -0.39 is 0 Å². The molecule has 1 N–H and O–H groups in total. The smallest absolute Gasteiger partial charge is 0.180 e. The molecule has 2 rings (SSSR count). The van der Waals surface area contributed by atoms with Crippen LogP contribution in [-0.4, -0.2) is 22.0 Å². The largest absolute Gasteiger partial charge is 0.373 e. The summed E-state index contributed by atoms with van der Waals surface area (Å²) in [6, 6.07) is 5.95. The lowest BCUT2D eigenvalue weighted by atomic mass is 10.1. The van der Waals surface area contributed by atoms with Gasteiger partial charge < -0.3 is 5.32 Å². The van der Waals surface area contributed by atoms with Gasteiger partial charge >= 0.3 is 0 Å². The molecule has 0 saturated carbocycles. The van der Waals surface area contributed by atoms with Crippen molar-refractivity contribution in [1.82, 2.24) is 15.0 Å². The van der Waals surface area contributed by atoms with E-state index in [0.29, 0.717) is 11.7 Å². The molecule has 4 heteroatoms. The first-order valence-corrected chi connectivity index (χ1v) is 6.10. The van der Waals surface area contributed by atoms with E-state index in [1.807, 2.05) is 38.4 Å². The Morgan fingerprint density at radius 3 is 2.50 bits per heavy atom. The third kappa shape index (κ3) is 2.64. The van der Waals surface area contributed by atoms with E-state index >= 15 is 0 Å². The molecule has 0 amide bonds. The van der Waals surface area contributed by atoms with Gasteiger partial charge in [-0.25, -0.2) is 9.97 Å². The molecule has 2 aromatic rings. The van der Waals surface area contributed by atoms with E-state index in [-0.39, 0.29) is 0 Å². The summed E-state index contributed by atoms with van der Waals surface area (Å²) >= 11 is 0. The second-order valence-corrected chi connectivity index (χ2v) is 4.63. The zero-order chi connectivity index (χ0) is 13.1. The third-order valence-corrected chi connectivity index (χ3v) is 2.73. The van der Waals surface area contributed by atoms with Gasteiger partial charge in [0.25, 0.3) is 0 Å². The molecule has 18 heavy (non-hydrogen) atoms. The highest BCUT2D eigenvalue weighted by Crippen LogP contribution is 2.20. The van der Waals surface area contributed by atoms with Crippen molar-refractivity contribution in [2.24, 2.45) is 0 Å². The second-order valence-electron chi connectivity index (χ2n) is 4.63. The summed E-state index contributed by atoms with van der Waals surface area (Å²) in [5.41, 5.74) is 2.96. The minimum atomic E-state index is 0.365. The Kier molecular flexibility index (Phi) is 3.55. The van der Waals surface area contributed by atoms with E-state index in [9.17, 15) is 0 Å². The first-order valence-electron chi connectivity index (χ1n) is 6.10. The molecule has 0 radical (unpaired) electrons. The molecule has 2 aromatic heterocycles. The average molecular weight is 242 g/mol. The fourth-order valence-electron chi connectivity index (χ4n) is 1.60. The first kappa shape index (κ1) is 12.5. The summed E-state index contributed by atoms with van der Waals surface area (Å²) in [7, 11) is 1.86. The van der Waals surface area contributed by atoms with Crippen LogP contribution in [0.15, 0.2) is 24.4 Å². The molecule has 2 heterocycles. The van der Waals surface area contributed by atoms with Crippen molar-refractivity contribution >= 4 is 5.82 Å². The number of aromatic nitrogens is 3. The molecule has 0 bridgehead atoms. The third-order valence-electron chi connectivity index (χ3n) is 2.73. The van der Waals surface area contributed by atoms with Gasteiger partial charge in [-0.05, 0) is 24.5 Å². The number of aryl methyl sites for hydroxylation is 1.